The van der Waals surface area contributed by atoms with Crippen LogP contribution in [0.4, 0.5) is 0 Å². The van der Waals surface area contributed by atoms with Gasteiger partial charge in [0.25, 0.3) is 0 Å². The van der Waals surface area contributed by atoms with Crippen molar-refractivity contribution in [2.24, 2.45) is 17.3 Å². The molecule has 0 N–H and O–H groups in total. The Labute approximate surface area is 146 Å². The number of hydrogen-bond donors (Lipinski definition) is 0. The molecular weight excluding hydrogens is 304 g/mol. The minimum absolute atomic E-state index is 0.0772. The standard InChI is InChI=1S/C20H31O4/c1-13(2)8-9-17-15(4)18(10-11-20(17,6)7)24-19(22)14(3)12-23-16(5)21/h8-9,12-14,18H,10-11H2,1-7H3/b9-8+. The van der Waals surface area contributed by atoms with Crippen LogP contribution < -0.4 is 0 Å². The van der Waals surface area contributed by atoms with Gasteiger partial charge in [0.2, 0.25) is 0 Å². The zero-order valence-electron chi connectivity index (χ0n) is 16.0. The van der Waals surface area contributed by atoms with Crippen LogP contribution in [0.5, 0.6) is 0 Å². The van der Waals surface area contributed by atoms with Crippen LogP contribution in [-0.4, -0.2) is 18.0 Å². The summed E-state index contributed by atoms with van der Waals surface area (Å²) >= 11 is 0. The summed E-state index contributed by atoms with van der Waals surface area (Å²) < 4.78 is 10.4. The van der Waals surface area contributed by atoms with E-state index in [1.165, 1.54) is 19.1 Å². The highest BCUT2D eigenvalue weighted by molar-refractivity contribution is 5.74. The molecule has 1 aliphatic carbocycles. The number of rotatable bonds is 6. The lowest BCUT2D eigenvalue weighted by Crippen LogP contribution is -2.32. The number of hydrogen-bond acceptors (Lipinski definition) is 4. The summed E-state index contributed by atoms with van der Waals surface area (Å²) in [4.78, 5) is 23.1. The minimum atomic E-state index is -0.578. The summed E-state index contributed by atoms with van der Waals surface area (Å²) in [6.45, 7) is 15.0. The Kier molecular flexibility index (Phi) is 7.25. The molecule has 0 aromatic carbocycles. The molecule has 0 heterocycles. The minimum Gasteiger partial charge on any atom is -0.458 e. The quantitative estimate of drug-likeness (QED) is 0.665. The van der Waals surface area contributed by atoms with Gasteiger partial charge in [-0.1, -0.05) is 39.8 Å². The number of allylic oxidation sites excluding steroid dienone is 3. The molecule has 0 fully saturated rings. The Morgan fingerprint density at radius 1 is 1.25 bits per heavy atom. The van der Waals surface area contributed by atoms with Gasteiger partial charge in [-0.15, -0.1) is 0 Å². The maximum atomic E-state index is 12.2. The molecule has 0 aromatic rings. The van der Waals surface area contributed by atoms with Gasteiger partial charge in [0.15, 0.2) is 6.61 Å². The van der Waals surface area contributed by atoms with Gasteiger partial charge in [-0.3, -0.25) is 9.59 Å². The van der Waals surface area contributed by atoms with Crippen LogP contribution >= 0.6 is 0 Å². The highest BCUT2D eigenvalue weighted by Crippen LogP contribution is 2.42. The molecule has 0 saturated carbocycles. The number of carbonyl (C=O) groups is 2. The molecule has 2 unspecified atom stereocenters. The average Bonchev–Trinajstić information content (AvgIpc) is 2.46. The number of carbonyl (C=O) groups excluding carboxylic acids is 2. The monoisotopic (exact) mass is 335 g/mol. The van der Waals surface area contributed by atoms with E-state index >= 15 is 0 Å². The fourth-order valence-corrected chi connectivity index (χ4v) is 2.84. The van der Waals surface area contributed by atoms with E-state index in [4.69, 9.17) is 9.47 Å². The van der Waals surface area contributed by atoms with Crippen molar-refractivity contribution < 1.29 is 19.1 Å². The summed E-state index contributed by atoms with van der Waals surface area (Å²) in [5, 5.41) is 0. The molecule has 0 aromatic heterocycles. The molecule has 4 heteroatoms. The highest BCUT2D eigenvalue weighted by Gasteiger charge is 2.34. The Morgan fingerprint density at radius 2 is 1.88 bits per heavy atom. The zero-order valence-corrected chi connectivity index (χ0v) is 16.0. The number of ether oxygens (including phenoxy) is 2. The van der Waals surface area contributed by atoms with Crippen molar-refractivity contribution in [2.45, 2.75) is 67.4 Å². The van der Waals surface area contributed by atoms with E-state index in [1.807, 2.05) is 6.92 Å². The van der Waals surface area contributed by atoms with Crippen LogP contribution in [0.3, 0.4) is 0 Å². The molecule has 135 valence electrons. The molecule has 0 bridgehead atoms. The second kappa shape index (κ2) is 8.50. The lowest BCUT2D eigenvalue weighted by atomic mass is 9.71. The molecule has 2 atom stereocenters. The Hall–Kier alpha value is -1.58. The largest absolute Gasteiger partial charge is 0.458 e. The van der Waals surface area contributed by atoms with Crippen LogP contribution in [0.15, 0.2) is 23.3 Å². The van der Waals surface area contributed by atoms with E-state index < -0.39 is 11.9 Å². The SMILES string of the molecule is CC(=O)O[CH]C(C)C(=O)OC1CCC(C)(C)C(/C=C/C(C)C)=C1C. The van der Waals surface area contributed by atoms with Gasteiger partial charge in [-0.2, -0.15) is 0 Å². The Balaban J connectivity index is 2.86. The molecule has 1 rings (SSSR count). The molecule has 0 saturated heterocycles. The van der Waals surface area contributed by atoms with Crippen LogP contribution in [0.25, 0.3) is 0 Å². The lowest BCUT2D eigenvalue weighted by molar-refractivity contribution is -0.154. The molecule has 0 aliphatic heterocycles. The van der Waals surface area contributed by atoms with E-state index in [0.29, 0.717) is 5.92 Å². The summed E-state index contributed by atoms with van der Waals surface area (Å²) in [6, 6.07) is 0. The molecule has 0 amide bonds. The molecule has 0 spiro atoms. The Morgan fingerprint density at radius 3 is 2.42 bits per heavy atom. The van der Waals surface area contributed by atoms with E-state index in [9.17, 15) is 9.59 Å². The van der Waals surface area contributed by atoms with Crippen LogP contribution in [0.1, 0.15) is 61.3 Å². The predicted molar refractivity (Wildman–Crippen MR) is 94.8 cm³/mol. The van der Waals surface area contributed by atoms with Gasteiger partial charge in [0.05, 0.1) is 5.92 Å². The van der Waals surface area contributed by atoms with Crippen molar-refractivity contribution in [1.29, 1.82) is 0 Å². The zero-order chi connectivity index (χ0) is 18.5. The molecule has 4 nitrogen and oxygen atoms in total. The first-order chi connectivity index (χ1) is 11.0. The third-order valence-electron chi connectivity index (χ3n) is 4.38. The summed E-state index contributed by atoms with van der Waals surface area (Å²) in [5.74, 6) is -0.910. The first-order valence-corrected chi connectivity index (χ1v) is 8.65. The number of esters is 2. The third-order valence-corrected chi connectivity index (χ3v) is 4.38. The fourth-order valence-electron chi connectivity index (χ4n) is 2.84. The van der Waals surface area contributed by atoms with Gasteiger partial charge >= 0.3 is 11.9 Å². The smallest absolute Gasteiger partial charge is 0.313 e. The van der Waals surface area contributed by atoms with Crippen molar-refractivity contribution in [3.8, 4) is 0 Å². The van der Waals surface area contributed by atoms with E-state index in [2.05, 4.69) is 39.8 Å². The van der Waals surface area contributed by atoms with E-state index in [1.54, 1.807) is 6.92 Å². The van der Waals surface area contributed by atoms with Crippen LogP contribution in [-0.2, 0) is 19.1 Å². The van der Waals surface area contributed by atoms with Crippen molar-refractivity contribution >= 4 is 11.9 Å². The van der Waals surface area contributed by atoms with Gasteiger partial charge in [0.1, 0.15) is 6.10 Å². The van der Waals surface area contributed by atoms with E-state index in [-0.39, 0.29) is 17.5 Å². The first kappa shape index (κ1) is 20.5. The predicted octanol–water partition coefficient (Wildman–Crippen LogP) is 4.61. The Bertz CT molecular complexity index is 526. The second-order valence-electron chi connectivity index (χ2n) is 7.58. The molecule has 24 heavy (non-hydrogen) atoms. The lowest BCUT2D eigenvalue weighted by Gasteiger charge is -2.37. The third kappa shape index (κ3) is 5.81. The van der Waals surface area contributed by atoms with E-state index in [0.717, 1.165) is 18.4 Å². The first-order valence-electron chi connectivity index (χ1n) is 8.65. The van der Waals surface area contributed by atoms with Crippen LogP contribution in [0, 0.1) is 23.9 Å². The summed E-state index contributed by atoms with van der Waals surface area (Å²) in [5.41, 5.74) is 2.43. The fraction of sp³-hybridized carbons (Fsp3) is 0.650. The maximum absolute atomic E-state index is 12.2. The summed E-state index contributed by atoms with van der Waals surface area (Å²) in [7, 11) is 0. The maximum Gasteiger partial charge on any atom is 0.313 e. The van der Waals surface area contributed by atoms with Crippen molar-refractivity contribution in [3.05, 3.63) is 29.9 Å². The van der Waals surface area contributed by atoms with Gasteiger partial charge in [-0.05, 0) is 49.2 Å². The summed E-state index contributed by atoms with van der Waals surface area (Å²) in [6.07, 6.45) is 5.91. The molecule has 1 aliphatic rings. The average molecular weight is 335 g/mol. The van der Waals surface area contributed by atoms with Gasteiger partial charge < -0.3 is 9.47 Å². The normalized spacial score (nSPS) is 21.9. The van der Waals surface area contributed by atoms with Crippen LogP contribution in [0.2, 0.25) is 0 Å². The molecule has 1 radical (unpaired) electrons. The topological polar surface area (TPSA) is 52.6 Å². The second-order valence-corrected chi connectivity index (χ2v) is 7.58. The van der Waals surface area contributed by atoms with Crippen molar-refractivity contribution in [3.63, 3.8) is 0 Å². The van der Waals surface area contributed by atoms with Crippen molar-refractivity contribution in [2.75, 3.05) is 0 Å². The van der Waals surface area contributed by atoms with Crippen molar-refractivity contribution in [1.82, 2.24) is 0 Å². The van der Waals surface area contributed by atoms with Gasteiger partial charge in [0, 0.05) is 6.92 Å². The highest BCUT2D eigenvalue weighted by atomic mass is 16.6. The van der Waals surface area contributed by atoms with Gasteiger partial charge in [-0.25, -0.2) is 0 Å². The molecular formula is C20H31O4.